The van der Waals surface area contributed by atoms with E-state index in [9.17, 15) is 41.1 Å². The maximum Gasteiger partial charge on any atom is 0.457 e. The van der Waals surface area contributed by atoms with Gasteiger partial charge in [-0.2, -0.15) is 22.0 Å². The zero-order chi connectivity index (χ0) is 22.0. The third-order valence-corrected chi connectivity index (χ3v) is 4.27. The summed E-state index contributed by atoms with van der Waals surface area (Å²) in [6, 6.07) is 3.23. The summed E-state index contributed by atoms with van der Waals surface area (Å²) < 4.78 is 83.8. The van der Waals surface area contributed by atoms with Crippen LogP contribution in [0.1, 0.15) is 52.6 Å². The van der Waals surface area contributed by atoms with E-state index >= 15 is 4.39 Å². The first kappa shape index (κ1) is 22.0. The molecule has 2 aromatic carbocycles. The Bertz CT molecular complexity index is 918. The number of carbonyl (C=O) groups is 4. The minimum atomic E-state index is -6.36. The fourth-order valence-corrected chi connectivity index (χ4v) is 2.72. The van der Waals surface area contributed by atoms with E-state index in [1.54, 1.807) is 0 Å². The molecule has 0 saturated carbocycles. The Morgan fingerprint density at radius 1 is 0.552 bits per heavy atom. The molecule has 0 fully saturated rings. The van der Waals surface area contributed by atoms with Crippen LogP contribution in [0.2, 0.25) is 0 Å². The van der Waals surface area contributed by atoms with Gasteiger partial charge in [0, 0.05) is 33.4 Å². The second-order valence-electron chi connectivity index (χ2n) is 5.89. The molecule has 10 heteroatoms. The van der Waals surface area contributed by atoms with Crippen molar-refractivity contribution in [2.45, 2.75) is 17.8 Å². The molecule has 152 valence electrons. The Hall–Kier alpha value is -3.30. The van der Waals surface area contributed by atoms with E-state index in [0.29, 0.717) is 36.4 Å². The van der Waals surface area contributed by atoms with E-state index < -0.39 is 40.0 Å². The lowest BCUT2D eigenvalue weighted by Gasteiger charge is -2.35. The van der Waals surface area contributed by atoms with E-state index in [1.165, 1.54) is 0 Å². The largest absolute Gasteiger partial charge is 0.457 e. The summed E-state index contributed by atoms with van der Waals surface area (Å²) in [6.45, 7) is 0. The fourth-order valence-electron chi connectivity index (χ4n) is 2.72. The molecule has 0 amide bonds. The molecule has 0 aliphatic heterocycles. The quantitative estimate of drug-likeness (QED) is 0.497. The molecule has 0 atom stereocenters. The molecule has 0 aromatic heterocycles. The molecule has 0 spiro atoms. The average Bonchev–Trinajstić information content (AvgIpc) is 2.70. The second kappa shape index (κ2) is 7.61. The first-order valence-corrected chi connectivity index (χ1v) is 7.71. The van der Waals surface area contributed by atoms with Crippen LogP contribution in [0.4, 0.5) is 26.3 Å². The molecule has 0 heterocycles. The molecule has 0 unspecified atom stereocenters. The number of hydrogen-bond acceptors (Lipinski definition) is 4. The van der Waals surface area contributed by atoms with Gasteiger partial charge in [0.1, 0.15) is 0 Å². The highest BCUT2D eigenvalue weighted by Crippen LogP contribution is 2.54. The van der Waals surface area contributed by atoms with E-state index in [0.717, 1.165) is 0 Å². The fraction of sp³-hybridized carbons (Fsp3) is 0.158. The molecule has 2 rings (SSSR count). The maximum atomic E-state index is 15.8. The molecule has 4 nitrogen and oxygen atoms in total. The summed E-state index contributed by atoms with van der Waals surface area (Å²) >= 11 is 0. The molecule has 0 N–H and O–H groups in total. The zero-order valence-corrected chi connectivity index (χ0v) is 14.2. The smallest absolute Gasteiger partial charge is 0.298 e. The Morgan fingerprint density at radius 2 is 0.897 bits per heavy atom. The molecular formula is C19H10F6O4. The van der Waals surface area contributed by atoms with Crippen molar-refractivity contribution in [3.05, 3.63) is 69.8 Å². The number of alkyl halides is 6. The second-order valence-corrected chi connectivity index (χ2v) is 5.89. The van der Waals surface area contributed by atoms with Crippen LogP contribution in [-0.4, -0.2) is 37.2 Å². The van der Waals surface area contributed by atoms with Gasteiger partial charge in [0.25, 0.3) is 0 Å². The zero-order valence-electron chi connectivity index (χ0n) is 14.2. The number of carbonyl (C=O) groups excluding carboxylic acids is 4. The Morgan fingerprint density at radius 3 is 1.17 bits per heavy atom. The highest BCUT2D eigenvalue weighted by Gasteiger charge is 2.72. The predicted octanol–water partition coefficient (Wildman–Crippen LogP) is 4.35. The first-order valence-electron chi connectivity index (χ1n) is 7.71. The Balaban J connectivity index is 2.92. The van der Waals surface area contributed by atoms with Gasteiger partial charge in [-0.1, -0.05) is 24.3 Å². The molecule has 0 aliphatic rings. The molecule has 0 bridgehead atoms. The van der Waals surface area contributed by atoms with Crippen molar-refractivity contribution in [1.82, 2.24) is 0 Å². The highest BCUT2D eigenvalue weighted by atomic mass is 19.4. The van der Waals surface area contributed by atoms with Crippen molar-refractivity contribution in [1.29, 1.82) is 0 Å². The van der Waals surface area contributed by atoms with Gasteiger partial charge < -0.3 is 0 Å². The van der Waals surface area contributed by atoms with Crippen LogP contribution in [0, 0.1) is 0 Å². The lowest BCUT2D eigenvalue weighted by molar-refractivity contribution is -0.323. The van der Waals surface area contributed by atoms with E-state index in [2.05, 4.69) is 0 Å². The molecule has 0 radical (unpaired) electrons. The summed E-state index contributed by atoms with van der Waals surface area (Å²) in [5, 5.41) is 0. The summed E-state index contributed by atoms with van der Waals surface area (Å²) in [5.74, 6) is -6.01. The molecule has 0 aliphatic carbocycles. The van der Waals surface area contributed by atoms with Crippen LogP contribution >= 0.6 is 0 Å². The molecule has 0 saturated heterocycles. The van der Waals surface area contributed by atoms with Crippen LogP contribution < -0.4 is 0 Å². The van der Waals surface area contributed by atoms with Crippen LogP contribution in [0.3, 0.4) is 0 Å². The van der Waals surface area contributed by atoms with Crippen LogP contribution in [0.25, 0.3) is 0 Å². The van der Waals surface area contributed by atoms with Crippen molar-refractivity contribution in [3.8, 4) is 0 Å². The number of rotatable bonds is 7. The topological polar surface area (TPSA) is 68.3 Å². The van der Waals surface area contributed by atoms with Crippen LogP contribution in [-0.2, 0) is 5.67 Å². The van der Waals surface area contributed by atoms with E-state index in [1.807, 2.05) is 0 Å². The van der Waals surface area contributed by atoms with E-state index in [-0.39, 0.29) is 36.3 Å². The minimum absolute atomic E-state index is 0.00821. The van der Waals surface area contributed by atoms with Crippen molar-refractivity contribution >= 4 is 25.1 Å². The number of hydrogen-bond donors (Lipinski definition) is 0. The van der Waals surface area contributed by atoms with E-state index in [4.69, 9.17) is 0 Å². The average molecular weight is 416 g/mol. The molecule has 29 heavy (non-hydrogen) atoms. The molecular weight excluding hydrogens is 406 g/mol. The normalized spacial score (nSPS) is 12.3. The van der Waals surface area contributed by atoms with Gasteiger partial charge in [-0.15, -0.1) is 0 Å². The summed E-state index contributed by atoms with van der Waals surface area (Å²) in [6.07, 6.45) is -6.11. The maximum absolute atomic E-state index is 15.8. The summed E-state index contributed by atoms with van der Waals surface area (Å²) in [7, 11) is 0. The van der Waals surface area contributed by atoms with Crippen molar-refractivity contribution in [2.24, 2.45) is 0 Å². The van der Waals surface area contributed by atoms with Crippen LogP contribution in [0.5, 0.6) is 0 Å². The number of halogens is 6. The minimum Gasteiger partial charge on any atom is -0.298 e. The lowest BCUT2D eigenvalue weighted by atomic mass is 9.80. The third kappa shape index (κ3) is 3.45. The SMILES string of the molecule is O=Cc1ccc(C(F)(c2ccc(C=O)c(C=O)c2)C(F)(F)C(F)(F)F)cc1C=O. The third-order valence-electron chi connectivity index (χ3n) is 4.27. The van der Waals surface area contributed by atoms with Crippen molar-refractivity contribution in [2.75, 3.05) is 0 Å². The van der Waals surface area contributed by atoms with Gasteiger partial charge in [-0.25, -0.2) is 4.39 Å². The number of benzene rings is 2. The van der Waals surface area contributed by atoms with Crippen LogP contribution in [0.15, 0.2) is 36.4 Å². The van der Waals surface area contributed by atoms with Gasteiger partial charge in [-0.3, -0.25) is 19.2 Å². The van der Waals surface area contributed by atoms with Gasteiger partial charge in [-0.05, 0) is 12.1 Å². The van der Waals surface area contributed by atoms with Gasteiger partial charge in [0.05, 0.1) is 0 Å². The monoisotopic (exact) mass is 416 g/mol. The number of aldehydes is 4. The Kier molecular flexibility index (Phi) is 5.77. The highest BCUT2D eigenvalue weighted by molar-refractivity contribution is 5.91. The van der Waals surface area contributed by atoms with Crippen molar-refractivity contribution < 1.29 is 45.5 Å². The van der Waals surface area contributed by atoms with Crippen molar-refractivity contribution in [3.63, 3.8) is 0 Å². The predicted molar refractivity (Wildman–Crippen MR) is 87.3 cm³/mol. The Labute approximate surface area is 159 Å². The lowest BCUT2D eigenvalue weighted by Crippen LogP contribution is -2.53. The van der Waals surface area contributed by atoms with Gasteiger partial charge in [0.15, 0.2) is 25.1 Å². The summed E-state index contributed by atoms with van der Waals surface area (Å²) in [5.41, 5.74) is -9.07. The first-order chi connectivity index (χ1) is 13.5. The standard InChI is InChI=1S/C19H10F6O4/c20-17(18(21,22)19(23,24)25,15-3-1-11(7-26)13(5-15)9-28)16-4-2-12(8-27)14(6-16)10-29/h1-10H. The van der Waals surface area contributed by atoms with Gasteiger partial charge in [0.2, 0.25) is 5.67 Å². The summed E-state index contributed by atoms with van der Waals surface area (Å²) in [4.78, 5) is 43.9. The van der Waals surface area contributed by atoms with Gasteiger partial charge >= 0.3 is 12.1 Å². The molecule has 2 aromatic rings.